The van der Waals surface area contributed by atoms with Crippen molar-refractivity contribution < 1.29 is 13.5 Å². The quantitative estimate of drug-likeness (QED) is 0.938. The second-order valence-corrected chi connectivity index (χ2v) is 5.07. The predicted molar refractivity (Wildman–Crippen MR) is 77.9 cm³/mol. The van der Waals surface area contributed by atoms with Crippen LogP contribution >= 0.6 is 0 Å². The smallest absolute Gasteiger partial charge is 0.165 e. The van der Waals surface area contributed by atoms with Gasteiger partial charge in [0.2, 0.25) is 0 Å². The van der Waals surface area contributed by atoms with Crippen LogP contribution in [0, 0.1) is 5.82 Å². The van der Waals surface area contributed by atoms with Gasteiger partial charge in [-0.2, -0.15) is 0 Å². The summed E-state index contributed by atoms with van der Waals surface area (Å²) in [5, 5.41) is 3.33. The SMILES string of the molecule is COc1c(F)cccc1[C@@H](c1ccco1)N1CCNCC1. The van der Waals surface area contributed by atoms with Gasteiger partial charge in [-0.3, -0.25) is 4.90 Å². The Labute approximate surface area is 123 Å². The lowest BCUT2D eigenvalue weighted by Crippen LogP contribution is -2.45. The topological polar surface area (TPSA) is 37.6 Å². The van der Waals surface area contributed by atoms with Crippen molar-refractivity contribution in [3.05, 3.63) is 53.7 Å². The standard InChI is InChI=1S/C16H19FN2O2/c1-20-16-12(4-2-5-13(16)17)15(14-6-3-11-21-14)19-9-7-18-8-10-19/h2-6,11,15,18H,7-10H2,1H3/t15-/m0/s1. The molecule has 0 saturated carbocycles. The third-order valence-corrected chi connectivity index (χ3v) is 3.83. The van der Waals surface area contributed by atoms with E-state index in [4.69, 9.17) is 9.15 Å². The summed E-state index contributed by atoms with van der Waals surface area (Å²) in [6.07, 6.45) is 1.65. The van der Waals surface area contributed by atoms with Crippen molar-refractivity contribution in [3.63, 3.8) is 0 Å². The first kappa shape index (κ1) is 14.1. The lowest BCUT2D eigenvalue weighted by Gasteiger charge is -2.34. The molecular weight excluding hydrogens is 271 g/mol. The third kappa shape index (κ3) is 2.80. The summed E-state index contributed by atoms with van der Waals surface area (Å²) in [7, 11) is 1.50. The Balaban J connectivity index is 2.05. The van der Waals surface area contributed by atoms with Crippen molar-refractivity contribution in [1.29, 1.82) is 0 Å². The van der Waals surface area contributed by atoms with Crippen LogP contribution in [-0.4, -0.2) is 38.2 Å². The second-order valence-electron chi connectivity index (χ2n) is 5.07. The highest BCUT2D eigenvalue weighted by molar-refractivity contribution is 5.40. The van der Waals surface area contributed by atoms with Crippen LogP contribution in [0.2, 0.25) is 0 Å². The fourth-order valence-corrected chi connectivity index (χ4v) is 2.87. The van der Waals surface area contributed by atoms with Gasteiger partial charge >= 0.3 is 0 Å². The third-order valence-electron chi connectivity index (χ3n) is 3.83. The van der Waals surface area contributed by atoms with E-state index in [2.05, 4.69) is 10.2 Å². The minimum Gasteiger partial charge on any atom is -0.493 e. The second kappa shape index (κ2) is 6.28. The van der Waals surface area contributed by atoms with Crippen molar-refractivity contribution in [2.24, 2.45) is 0 Å². The molecule has 0 spiro atoms. The number of piperazine rings is 1. The first-order chi connectivity index (χ1) is 10.3. The van der Waals surface area contributed by atoms with E-state index in [-0.39, 0.29) is 17.6 Å². The molecule has 0 aliphatic carbocycles. The van der Waals surface area contributed by atoms with Gasteiger partial charge in [-0.1, -0.05) is 12.1 Å². The monoisotopic (exact) mass is 290 g/mol. The van der Waals surface area contributed by atoms with Crippen molar-refractivity contribution in [2.45, 2.75) is 6.04 Å². The minimum atomic E-state index is -0.346. The Morgan fingerprint density at radius 2 is 2.05 bits per heavy atom. The first-order valence-corrected chi connectivity index (χ1v) is 7.12. The van der Waals surface area contributed by atoms with Gasteiger partial charge in [-0.15, -0.1) is 0 Å². The zero-order valence-electron chi connectivity index (χ0n) is 12.0. The summed E-state index contributed by atoms with van der Waals surface area (Å²) in [6.45, 7) is 3.58. The molecule has 1 aromatic carbocycles. The Kier molecular flexibility index (Phi) is 4.22. The largest absolute Gasteiger partial charge is 0.493 e. The molecular formula is C16H19FN2O2. The number of para-hydroxylation sites is 1. The molecule has 1 aliphatic heterocycles. The lowest BCUT2D eigenvalue weighted by molar-refractivity contribution is 0.176. The lowest BCUT2D eigenvalue weighted by atomic mass is 10.0. The Morgan fingerprint density at radius 3 is 2.71 bits per heavy atom. The van der Waals surface area contributed by atoms with Crippen LogP contribution in [0.5, 0.6) is 5.75 Å². The summed E-state index contributed by atoms with van der Waals surface area (Å²) in [5.41, 5.74) is 0.800. The number of ether oxygens (including phenoxy) is 1. The van der Waals surface area contributed by atoms with Crippen LogP contribution in [0.1, 0.15) is 17.4 Å². The molecule has 1 atom stereocenters. The molecule has 0 radical (unpaired) electrons. The fraction of sp³-hybridized carbons (Fsp3) is 0.375. The molecule has 1 fully saturated rings. The zero-order chi connectivity index (χ0) is 14.7. The molecule has 1 aliphatic rings. The average molecular weight is 290 g/mol. The molecule has 2 heterocycles. The Bertz CT molecular complexity index is 580. The van der Waals surface area contributed by atoms with Gasteiger partial charge < -0.3 is 14.5 Å². The zero-order valence-corrected chi connectivity index (χ0v) is 12.0. The summed E-state index contributed by atoms with van der Waals surface area (Å²) < 4.78 is 24.9. The number of nitrogens with zero attached hydrogens (tertiary/aromatic N) is 1. The molecule has 0 unspecified atom stereocenters. The Morgan fingerprint density at radius 1 is 1.24 bits per heavy atom. The summed E-state index contributed by atoms with van der Waals surface area (Å²) in [6, 6.07) is 8.68. The maximum Gasteiger partial charge on any atom is 0.165 e. The highest BCUT2D eigenvalue weighted by Gasteiger charge is 2.29. The van der Waals surface area contributed by atoms with Crippen LogP contribution in [0.4, 0.5) is 4.39 Å². The highest BCUT2D eigenvalue weighted by atomic mass is 19.1. The molecule has 1 N–H and O–H groups in total. The van der Waals surface area contributed by atoms with Crippen molar-refractivity contribution in [1.82, 2.24) is 10.2 Å². The van der Waals surface area contributed by atoms with E-state index in [1.165, 1.54) is 13.2 Å². The van der Waals surface area contributed by atoms with E-state index >= 15 is 0 Å². The van der Waals surface area contributed by atoms with Gasteiger partial charge in [0, 0.05) is 31.7 Å². The van der Waals surface area contributed by atoms with Crippen LogP contribution in [0.15, 0.2) is 41.0 Å². The van der Waals surface area contributed by atoms with Crippen LogP contribution < -0.4 is 10.1 Å². The predicted octanol–water partition coefficient (Wildman–Crippen LogP) is 2.42. The molecule has 0 bridgehead atoms. The van der Waals surface area contributed by atoms with Gasteiger partial charge in [0.25, 0.3) is 0 Å². The number of benzene rings is 1. The molecule has 1 saturated heterocycles. The Hall–Kier alpha value is -1.85. The molecule has 0 amide bonds. The number of hydrogen-bond donors (Lipinski definition) is 1. The normalized spacial score (nSPS) is 17.6. The van der Waals surface area contributed by atoms with Crippen LogP contribution in [0.3, 0.4) is 0 Å². The van der Waals surface area contributed by atoms with Crippen LogP contribution in [-0.2, 0) is 0 Å². The number of nitrogens with one attached hydrogen (secondary N) is 1. The number of furan rings is 1. The highest BCUT2D eigenvalue weighted by Crippen LogP contribution is 2.36. The molecule has 1 aromatic heterocycles. The van der Waals surface area contributed by atoms with Crippen molar-refractivity contribution in [2.75, 3.05) is 33.3 Å². The molecule has 112 valence electrons. The fourth-order valence-electron chi connectivity index (χ4n) is 2.87. The number of halogens is 1. The van der Waals surface area contributed by atoms with Gasteiger partial charge in [0.1, 0.15) is 5.76 Å². The van der Waals surface area contributed by atoms with Crippen molar-refractivity contribution >= 4 is 0 Å². The van der Waals surface area contributed by atoms with E-state index in [0.717, 1.165) is 37.5 Å². The number of methoxy groups -OCH3 is 1. The van der Waals surface area contributed by atoms with E-state index < -0.39 is 0 Å². The summed E-state index contributed by atoms with van der Waals surface area (Å²) in [4.78, 5) is 2.28. The number of rotatable bonds is 4. The van der Waals surface area contributed by atoms with E-state index in [1.807, 2.05) is 18.2 Å². The maximum atomic E-state index is 14.0. The molecule has 2 aromatic rings. The summed E-state index contributed by atoms with van der Waals surface area (Å²) in [5.74, 6) is 0.750. The van der Waals surface area contributed by atoms with Gasteiger partial charge in [-0.25, -0.2) is 4.39 Å². The molecule has 4 nitrogen and oxygen atoms in total. The molecule has 21 heavy (non-hydrogen) atoms. The summed E-state index contributed by atoms with van der Waals surface area (Å²) >= 11 is 0. The van der Waals surface area contributed by atoms with Gasteiger partial charge in [0.15, 0.2) is 11.6 Å². The maximum absolute atomic E-state index is 14.0. The average Bonchev–Trinajstić information content (AvgIpc) is 3.03. The molecule has 3 rings (SSSR count). The van der Waals surface area contributed by atoms with Gasteiger partial charge in [0.05, 0.1) is 19.4 Å². The van der Waals surface area contributed by atoms with Crippen molar-refractivity contribution in [3.8, 4) is 5.75 Å². The molecule has 5 heteroatoms. The van der Waals surface area contributed by atoms with E-state index in [9.17, 15) is 4.39 Å². The van der Waals surface area contributed by atoms with Gasteiger partial charge in [-0.05, 0) is 18.2 Å². The minimum absolute atomic E-state index is 0.132. The van der Waals surface area contributed by atoms with Crippen LogP contribution in [0.25, 0.3) is 0 Å². The van der Waals surface area contributed by atoms with E-state index in [1.54, 1.807) is 12.3 Å². The van der Waals surface area contributed by atoms with E-state index in [0.29, 0.717) is 0 Å². The number of hydrogen-bond acceptors (Lipinski definition) is 4. The first-order valence-electron chi connectivity index (χ1n) is 7.12.